The molecule has 0 atom stereocenters. The Hall–Kier alpha value is -1.26. The SMILES string of the molecule is CC(C)C(C)(C)CNC(=O)NCC1(C(=O)O)CCC1. The number of carboxylic acids is 1. The van der Waals surface area contributed by atoms with Crippen molar-refractivity contribution in [3.8, 4) is 0 Å². The zero-order valence-corrected chi connectivity index (χ0v) is 12.4. The van der Waals surface area contributed by atoms with Gasteiger partial charge >= 0.3 is 12.0 Å². The van der Waals surface area contributed by atoms with Crippen LogP contribution in [-0.2, 0) is 4.79 Å². The zero-order chi connectivity index (χ0) is 14.7. The Morgan fingerprint density at radius 2 is 1.84 bits per heavy atom. The molecular weight excluding hydrogens is 244 g/mol. The number of rotatable bonds is 6. The predicted molar refractivity (Wildman–Crippen MR) is 73.9 cm³/mol. The summed E-state index contributed by atoms with van der Waals surface area (Å²) in [5.41, 5.74) is -0.705. The quantitative estimate of drug-likeness (QED) is 0.692. The van der Waals surface area contributed by atoms with Crippen LogP contribution in [0.3, 0.4) is 0 Å². The summed E-state index contributed by atoms with van der Waals surface area (Å²) in [5, 5.41) is 14.7. The number of aliphatic carboxylic acids is 1. The minimum atomic E-state index is -0.804. The van der Waals surface area contributed by atoms with E-state index in [0.717, 1.165) is 6.42 Å². The third-order valence-electron chi connectivity index (χ3n) is 4.62. The van der Waals surface area contributed by atoms with Gasteiger partial charge in [-0.15, -0.1) is 0 Å². The molecule has 0 aromatic carbocycles. The molecule has 0 heterocycles. The highest BCUT2D eigenvalue weighted by Crippen LogP contribution is 2.40. The van der Waals surface area contributed by atoms with Gasteiger partial charge < -0.3 is 15.7 Å². The first-order chi connectivity index (χ1) is 8.69. The fraction of sp³-hybridized carbons (Fsp3) is 0.857. The molecule has 1 saturated carbocycles. The normalized spacial score (nSPS) is 17.7. The Morgan fingerprint density at radius 1 is 1.26 bits per heavy atom. The summed E-state index contributed by atoms with van der Waals surface area (Å²) >= 11 is 0. The summed E-state index contributed by atoms with van der Waals surface area (Å²) in [7, 11) is 0. The zero-order valence-electron chi connectivity index (χ0n) is 12.4. The van der Waals surface area contributed by atoms with Crippen LogP contribution in [0.4, 0.5) is 4.79 Å². The van der Waals surface area contributed by atoms with Crippen molar-refractivity contribution in [2.75, 3.05) is 13.1 Å². The van der Waals surface area contributed by atoms with Gasteiger partial charge in [0.1, 0.15) is 0 Å². The van der Waals surface area contributed by atoms with Gasteiger partial charge in [-0.3, -0.25) is 4.79 Å². The minimum Gasteiger partial charge on any atom is -0.481 e. The molecule has 0 saturated heterocycles. The first-order valence-electron chi connectivity index (χ1n) is 6.95. The summed E-state index contributed by atoms with van der Waals surface area (Å²) in [6.07, 6.45) is 2.23. The van der Waals surface area contributed by atoms with E-state index in [2.05, 4.69) is 38.3 Å². The monoisotopic (exact) mass is 270 g/mol. The van der Waals surface area contributed by atoms with E-state index in [1.165, 1.54) is 0 Å². The van der Waals surface area contributed by atoms with E-state index in [1.807, 2.05) is 0 Å². The molecule has 0 radical (unpaired) electrons. The van der Waals surface area contributed by atoms with Gasteiger partial charge in [-0.2, -0.15) is 0 Å². The molecule has 5 heteroatoms. The van der Waals surface area contributed by atoms with Gasteiger partial charge in [0.05, 0.1) is 5.41 Å². The molecule has 19 heavy (non-hydrogen) atoms. The first kappa shape index (κ1) is 15.8. The molecule has 3 N–H and O–H groups in total. The molecular formula is C14H26N2O3. The molecule has 2 amide bonds. The van der Waals surface area contributed by atoms with Crippen molar-refractivity contribution in [2.45, 2.75) is 47.0 Å². The Morgan fingerprint density at radius 3 is 2.21 bits per heavy atom. The summed E-state index contributed by atoms with van der Waals surface area (Å²) in [6, 6.07) is -0.277. The van der Waals surface area contributed by atoms with E-state index in [0.29, 0.717) is 25.3 Å². The lowest BCUT2D eigenvalue weighted by atomic mass is 9.69. The minimum absolute atomic E-state index is 0.0261. The molecule has 5 nitrogen and oxygen atoms in total. The summed E-state index contributed by atoms with van der Waals surface area (Å²) in [4.78, 5) is 22.9. The summed E-state index contributed by atoms with van der Waals surface area (Å²) < 4.78 is 0. The van der Waals surface area contributed by atoms with Crippen molar-refractivity contribution in [3.63, 3.8) is 0 Å². The molecule has 0 spiro atoms. The van der Waals surface area contributed by atoms with Crippen LogP contribution < -0.4 is 10.6 Å². The molecule has 1 fully saturated rings. The standard InChI is InChI=1S/C14H26N2O3/c1-10(2)13(3,4)8-15-12(19)16-9-14(11(17)18)6-5-7-14/h10H,5-9H2,1-4H3,(H,17,18)(H2,15,16,19). The van der Waals surface area contributed by atoms with Crippen molar-refractivity contribution < 1.29 is 14.7 Å². The van der Waals surface area contributed by atoms with Gasteiger partial charge in [0, 0.05) is 13.1 Å². The van der Waals surface area contributed by atoms with Crippen LogP contribution in [0.1, 0.15) is 47.0 Å². The number of carboxylic acid groups (broad SMARTS) is 1. The second-order valence-electron chi connectivity index (χ2n) is 6.62. The lowest BCUT2D eigenvalue weighted by Crippen LogP contribution is -2.50. The number of urea groups is 1. The fourth-order valence-corrected chi connectivity index (χ4v) is 1.89. The third kappa shape index (κ3) is 3.85. The topological polar surface area (TPSA) is 78.4 Å². The Bertz CT molecular complexity index is 347. The second kappa shape index (κ2) is 5.80. The summed E-state index contributed by atoms with van der Waals surface area (Å²) in [5.74, 6) is -0.341. The highest BCUT2D eigenvalue weighted by molar-refractivity contribution is 5.78. The van der Waals surface area contributed by atoms with Gasteiger partial charge in [-0.1, -0.05) is 34.1 Å². The number of carbonyl (C=O) groups is 2. The van der Waals surface area contributed by atoms with Gasteiger partial charge in [0.2, 0.25) is 0 Å². The molecule has 0 bridgehead atoms. The molecule has 1 aliphatic carbocycles. The summed E-state index contributed by atoms with van der Waals surface area (Å²) in [6.45, 7) is 9.23. The Kier molecular flexibility index (Phi) is 4.82. The van der Waals surface area contributed by atoms with Crippen molar-refractivity contribution in [2.24, 2.45) is 16.7 Å². The Labute approximate surface area is 115 Å². The van der Waals surface area contributed by atoms with E-state index in [-0.39, 0.29) is 18.0 Å². The molecule has 1 rings (SSSR count). The van der Waals surface area contributed by atoms with Crippen LogP contribution in [0, 0.1) is 16.7 Å². The lowest BCUT2D eigenvalue weighted by molar-refractivity contribution is -0.153. The highest BCUT2D eigenvalue weighted by atomic mass is 16.4. The van der Waals surface area contributed by atoms with Crippen LogP contribution >= 0.6 is 0 Å². The van der Waals surface area contributed by atoms with E-state index < -0.39 is 11.4 Å². The van der Waals surface area contributed by atoms with Gasteiger partial charge in [0.15, 0.2) is 0 Å². The van der Waals surface area contributed by atoms with Gasteiger partial charge in [-0.25, -0.2) is 4.79 Å². The number of amides is 2. The Balaban J connectivity index is 2.34. The number of nitrogens with one attached hydrogen (secondary N) is 2. The van der Waals surface area contributed by atoms with Crippen LogP contribution in [0.25, 0.3) is 0 Å². The van der Waals surface area contributed by atoms with Crippen molar-refractivity contribution in [1.82, 2.24) is 10.6 Å². The lowest BCUT2D eigenvalue weighted by Gasteiger charge is -2.37. The van der Waals surface area contributed by atoms with Crippen LogP contribution in [-0.4, -0.2) is 30.2 Å². The maximum atomic E-state index is 11.7. The first-order valence-corrected chi connectivity index (χ1v) is 6.95. The van der Waals surface area contributed by atoms with E-state index >= 15 is 0 Å². The van der Waals surface area contributed by atoms with E-state index in [9.17, 15) is 9.59 Å². The average molecular weight is 270 g/mol. The molecule has 0 aliphatic heterocycles. The molecule has 0 aromatic heterocycles. The number of hydrogen-bond donors (Lipinski definition) is 3. The van der Waals surface area contributed by atoms with Crippen molar-refractivity contribution >= 4 is 12.0 Å². The van der Waals surface area contributed by atoms with Gasteiger partial charge in [-0.05, 0) is 24.2 Å². The molecule has 0 aromatic rings. The van der Waals surface area contributed by atoms with Crippen LogP contribution in [0.5, 0.6) is 0 Å². The van der Waals surface area contributed by atoms with Crippen molar-refractivity contribution in [3.05, 3.63) is 0 Å². The average Bonchev–Trinajstić information content (AvgIpc) is 2.24. The van der Waals surface area contributed by atoms with E-state index in [4.69, 9.17) is 5.11 Å². The maximum Gasteiger partial charge on any atom is 0.314 e. The van der Waals surface area contributed by atoms with Crippen molar-refractivity contribution in [1.29, 1.82) is 0 Å². The largest absolute Gasteiger partial charge is 0.481 e. The van der Waals surface area contributed by atoms with E-state index in [1.54, 1.807) is 0 Å². The fourth-order valence-electron chi connectivity index (χ4n) is 1.89. The number of hydrogen-bond acceptors (Lipinski definition) is 2. The second-order valence-corrected chi connectivity index (χ2v) is 6.62. The maximum absolute atomic E-state index is 11.7. The molecule has 0 unspecified atom stereocenters. The predicted octanol–water partition coefficient (Wildman–Crippen LogP) is 2.22. The number of carbonyl (C=O) groups excluding carboxylic acids is 1. The highest BCUT2D eigenvalue weighted by Gasteiger charge is 2.44. The van der Waals surface area contributed by atoms with Crippen LogP contribution in [0.15, 0.2) is 0 Å². The molecule has 110 valence electrons. The van der Waals surface area contributed by atoms with Gasteiger partial charge in [0.25, 0.3) is 0 Å². The molecule has 1 aliphatic rings. The third-order valence-corrected chi connectivity index (χ3v) is 4.62. The smallest absolute Gasteiger partial charge is 0.314 e. The van der Waals surface area contributed by atoms with Crippen LogP contribution in [0.2, 0.25) is 0 Å².